The van der Waals surface area contributed by atoms with Crippen LogP contribution in [-0.4, -0.2) is 61.7 Å². The minimum Gasteiger partial charge on any atom is -0.314 e. The van der Waals surface area contributed by atoms with Crippen molar-refractivity contribution in [2.24, 2.45) is 0 Å². The highest BCUT2D eigenvalue weighted by molar-refractivity contribution is 5.12. The maximum absolute atomic E-state index is 3.43. The van der Waals surface area contributed by atoms with Crippen LogP contribution < -0.4 is 5.32 Å². The van der Waals surface area contributed by atoms with Crippen molar-refractivity contribution >= 4 is 0 Å². The molecule has 1 unspecified atom stereocenters. The van der Waals surface area contributed by atoms with Crippen molar-refractivity contribution in [3.8, 4) is 0 Å². The number of hydrogen-bond donors (Lipinski definition) is 1. The van der Waals surface area contributed by atoms with Gasteiger partial charge in [0.1, 0.15) is 0 Å². The largest absolute Gasteiger partial charge is 0.314 e. The van der Waals surface area contributed by atoms with Gasteiger partial charge >= 0.3 is 0 Å². The summed E-state index contributed by atoms with van der Waals surface area (Å²) in [6.45, 7) is 13.0. The van der Waals surface area contributed by atoms with Gasteiger partial charge in [-0.2, -0.15) is 0 Å². The molecule has 2 aliphatic rings. The number of hydrogen-bond acceptors (Lipinski definition) is 3. The van der Waals surface area contributed by atoms with Crippen LogP contribution in [0.2, 0.25) is 0 Å². The van der Waals surface area contributed by atoms with Gasteiger partial charge < -0.3 is 5.32 Å². The molecule has 0 aromatic carbocycles. The molecule has 3 nitrogen and oxygen atoms in total. The van der Waals surface area contributed by atoms with Gasteiger partial charge in [0.15, 0.2) is 0 Å². The first-order valence-electron chi connectivity index (χ1n) is 7.13. The second-order valence-electron chi connectivity index (χ2n) is 5.31. The summed E-state index contributed by atoms with van der Waals surface area (Å²) in [5.41, 5.74) is 1.61. The number of likely N-dealkylation sites (tertiary alicyclic amines) is 1. The van der Waals surface area contributed by atoms with E-state index < -0.39 is 0 Å². The summed E-state index contributed by atoms with van der Waals surface area (Å²) in [5.74, 6) is 0. The summed E-state index contributed by atoms with van der Waals surface area (Å²) in [7, 11) is 0. The lowest BCUT2D eigenvalue weighted by atomic mass is 10.1. The van der Waals surface area contributed by atoms with Crippen LogP contribution in [0.3, 0.4) is 0 Å². The van der Waals surface area contributed by atoms with Gasteiger partial charge in [0.05, 0.1) is 0 Å². The fourth-order valence-corrected chi connectivity index (χ4v) is 2.97. The topological polar surface area (TPSA) is 18.5 Å². The van der Waals surface area contributed by atoms with Crippen LogP contribution in [0.5, 0.6) is 0 Å². The smallest absolute Gasteiger partial charge is 0.0292 e. The first-order valence-corrected chi connectivity index (χ1v) is 7.13. The number of nitrogens with one attached hydrogen (secondary N) is 1. The van der Waals surface area contributed by atoms with Crippen LogP contribution in [-0.2, 0) is 0 Å². The van der Waals surface area contributed by atoms with Crippen molar-refractivity contribution < 1.29 is 0 Å². The Balaban J connectivity index is 1.87. The van der Waals surface area contributed by atoms with Crippen molar-refractivity contribution in [1.29, 1.82) is 0 Å². The van der Waals surface area contributed by atoms with E-state index in [-0.39, 0.29) is 0 Å². The van der Waals surface area contributed by atoms with E-state index in [1.807, 2.05) is 0 Å². The van der Waals surface area contributed by atoms with E-state index in [4.69, 9.17) is 0 Å². The van der Waals surface area contributed by atoms with Crippen LogP contribution in [0.1, 0.15) is 26.7 Å². The van der Waals surface area contributed by atoms with E-state index in [1.165, 1.54) is 45.6 Å². The molecule has 0 aliphatic carbocycles. The summed E-state index contributed by atoms with van der Waals surface area (Å²) < 4.78 is 0. The van der Waals surface area contributed by atoms with Gasteiger partial charge in [0.25, 0.3) is 0 Å². The molecule has 2 fully saturated rings. The minimum atomic E-state index is 0.614. The maximum atomic E-state index is 3.43. The Morgan fingerprint density at radius 3 is 2.41 bits per heavy atom. The van der Waals surface area contributed by atoms with Gasteiger partial charge in [0, 0.05) is 38.8 Å². The zero-order valence-electron chi connectivity index (χ0n) is 11.4. The Kier molecular flexibility index (Phi) is 5.01. The molecular formula is C14H27N3. The highest BCUT2D eigenvalue weighted by atomic mass is 15.2. The van der Waals surface area contributed by atoms with Crippen LogP contribution in [0.25, 0.3) is 0 Å². The molecular weight excluding hydrogens is 210 g/mol. The Labute approximate surface area is 106 Å². The average molecular weight is 237 g/mol. The summed E-state index contributed by atoms with van der Waals surface area (Å²) in [5, 5.41) is 3.43. The molecule has 0 spiro atoms. The summed E-state index contributed by atoms with van der Waals surface area (Å²) in [6, 6.07) is 0.614. The van der Waals surface area contributed by atoms with Crippen molar-refractivity contribution in [1.82, 2.24) is 15.1 Å². The highest BCUT2D eigenvalue weighted by Gasteiger charge is 2.21. The standard InChI is InChI=1S/C14H27N3/c1-3-14(12-16-8-4-5-9-16)13(2)17-10-6-15-7-11-17/h3,13,15H,4-12H2,1-2H3. The molecule has 17 heavy (non-hydrogen) atoms. The Morgan fingerprint density at radius 1 is 1.18 bits per heavy atom. The lowest BCUT2D eigenvalue weighted by Gasteiger charge is -2.35. The van der Waals surface area contributed by atoms with Crippen LogP contribution in [0.15, 0.2) is 11.6 Å². The molecule has 0 amide bonds. The van der Waals surface area contributed by atoms with E-state index in [1.54, 1.807) is 5.57 Å². The van der Waals surface area contributed by atoms with E-state index in [2.05, 4.69) is 35.0 Å². The number of allylic oxidation sites excluding steroid dienone is 1. The third-order valence-electron chi connectivity index (χ3n) is 4.21. The second-order valence-corrected chi connectivity index (χ2v) is 5.31. The van der Waals surface area contributed by atoms with Crippen LogP contribution in [0.4, 0.5) is 0 Å². The molecule has 2 rings (SSSR count). The fourth-order valence-electron chi connectivity index (χ4n) is 2.97. The SMILES string of the molecule is CC=C(CN1CCCC1)C(C)N1CCNCC1. The Bertz CT molecular complexity index is 250. The van der Waals surface area contributed by atoms with Crippen LogP contribution >= 0.6 is 0 Å². The normalized spacial score (nSPS) is 26.4. The van der Waals surface area contributed by atoms with Crippen molar-refractivity contribution in [2.75, 3.05) is 45.8 Å². The molecule has 0 aromatic heterocycles. The fraction of sp³-hybridized carbons (Fsp3) is 0.857. The van der Waals surface area contributed by atoms with Gasteiger partial charge in [0.2, 0.25) is 0 Å². The zero-order chi connectivity index (χ0) is 12.1. The minimum absolute atomic E-state index is 0.614. The molecule has 98 valence electrons. The molecule has 0 saturated carbocycles. The van der Waals surface area contributed by atoms with Crippen molar-refractivity contribution in [3.63, 3.8) is 0 Å². The van der Waals surface area contributed by atoms with E-state index in [0.29, 0.717) is 6.04 Å². The summed E-state index contributed by atoms with van der Waals surface area (Å²) in [6.07, 6.45) is 5.11. The van der Waals surface area contributed by atoms with E-state index >= 15 is 0 Å². The molecule has 1 atom stereocenters. The Hall–Kier alpha value is -0.380. The molecule has 3 heteroatoms. The van der Waals surface area contributed by atoms with Gasteiger partial charge in [-0.3, -0.25) is 9.80 Å². The van der Waals surface area contributed by atoms with Gasteiger partial charge in [-0.05, 0) is 45.4 Å². The quantitative estimate of drug-likeness (QED) is 0.744. The third-order valence-corrected chi connectivity index (χ3v) is 4.21. The zero-order valence-corrected chi connectivity index (χ0v) is 11.4. The molecule has 2 saturated heterocycles. The van der Waals surface area contributed by atoms with Gasteiger partial charge in [-0.1, -0.05) is 6.08 Å². The highest BCUT2D eigenvalue weighted by Crippen LogP contribution is 2.16. The molecule has 2 heterocycles. The maximum Gasteiger partial charge on any atom is 0.0292 e. The molecule has 1 N–H and O–H groups in total. The third kappa shape index (κ3) is 3.54. The van der Waals surface area contributed by atoms with Crippen molar-refractivity contribution in [3.05, 3.63) is 11.6 Å². The monoisotopic (exact) mass is 237 g/mol. The predicted molar refractivity (Wildman–Crippen MR) is 73.3 cm³/mol. The predicted octanol–water partition coefficient (Wildman–Crippen LogP) is 1.32. The first-order chi connectivity index (χ1) is 8.31. The first kappa shape index (κ1) is 13.1. The van der Waals surface area contributed by atoms with Gasteiger partial charge in [-0.15, -0.1) is 0 Å². The average Bonchev–Trinajstić information content (AvgIpc) is 2.89. The molecule has 0 aromatic rings. The van der Waals surface area contributed by atoms with Crippen LogP contribution in [0, 0.1) is 0 Å². The Morgan fingerprint density at radius 2 is 1.82 bits per heavy atom. The number of piperazine rings is 1. The second kappa shape index (κ2) is 6.53. The molecule has 0 radical (unpaired) electrons. The van der Waals surface area contributed by atoms with Crippen molar-refractivity contribution in [2.45, 2.75) is 32.7 Å². The van der Waals surface area contributed by atoms with E-state index in [9.17, 15) is 0 Å². The number of nitrogens with zero attached hydrogens (tertiary/aromatic N) is 2. The van der Waals surface area contributed by atoms with Gasteiger partial charge in [-0.25, -0.2) is 0 Å². The molecule has 2 aliphatic heterocycles. The lowest BCUT2D eigenvalue weighted by Crippen LogP contribution is -2.49. The molecule has 0 bridgehead atoms. The number of rotatable bonds is 4. The summed E-state index contributed by atoms with van der Waals surface area (Å²) >= 11 is 0. The summed E-state index contributed by atoms with van der Waals surface area (Å²) in [4.78, 5) is 5.22. The van der Waals surface area contributed by atoms with E-state index in [0.717, 1.165) is 13.1 Å². The lowest BCUT2D eigenvalue weighted by molar-refractivity contribution is 0.196.